The third kappa shape index (κ3) is 4.13. The SMILES string of the molecule is COCc1nn2c(nnc3c(=O)n(C(Cc4ccccc4)C(=O)O)cnc32)c1-c1ccc(Cl)cc1. The lowest BCUT2D eigenvalue weighted by molar-refractivity contribution is -0.141. The zero-order chi connectivity index (χ0) is 24.5. The average Bonchev–Trinajstić information content (AvgIpc) is 3.23. The van der Waals surface area contributed by atoms with E-state index in [2.05, 4.69) is 20.3 Å². The summed E-state index contributed by atoms with van der Waals surface area (Å²) < 4.78 is 7.81. The number of hydrogen-bond acceptors (Lipinski definition) is 7. The van der Waals surface area contributed by atoms with E-state index in [-0.39, 0.29) is 24.2 Å². The van der Waals surface area contributed by atoms with Crippen molar-refractivity contribution in [2.24, 2.45) is 0 Å². The Balaban J connectivity index is 1.67. The molecule has 0 spiro atoms. The molecule has 0 aliphatic heterocycles. The number of rotatable bonds is 7. The molecule has 0 amide bonds. The topological polar surface area (TPSA) is 124 Å². The predicted molar refractivity (Wildman–Crippen MR) is 128 cm³/mol. The van der Waals surface area contributed by atoms with E-state index in [1.54, 1.807) is 31.4 Å². The lowest BCUT2D eigenvalue weighted by Crippen LogP contribution is -2.32. The molecule has 0 aliphatic rings. The fourth-order valence-electron chi connectivity index (χ4n) is 4.00. The number of benzene rings is 2. The molecule has 11 heteroatoms. The Morgan fingerprint density at radius 2 is 1.83 bits per heavy atom. The first-order valence-electron chi connectivity index (χ1n) is 10.6. The van der Waals surface area contributed by atoms with Gasteiger partial charge in [0.15, 0.2) is 16.8 Å². The van der Waals surface area contributed by atoms with Gasteiger partial charge in [0.05, 0.1) is 17.9 Å². The van der Waals surface area contributed by atoms with Gasteiger partial charge in [0.1, 0.15) is 12.4 Å². The van der Waals surface area contributed by atoms with Gasteiger partial charge in [-0.2, -0.15) is 9.61 Å². The molecule has 0 bridgehead atoms. The molecule has 1 atom stereocenters. The molecule has 10 nitrogen and oxygen atoms in total. The highest BCUT2D eigenvalue weighted by Gasteiger charge is 2.25. The number of nitrogens with zero attached hydrogens (tertiary/aromatic N) is 6. The molecule has 0 saturated carbocycles. The molecule has 1 unspecified atom stereocenters. The van der Waals surface area contributed by atoms with Crippen molar-refractivity contribution < 1.29 is 14.6 Å². The summed E-state index contributed by atoms with van der Waals surface area (Å²) in [5.74, 6) is -1.15. The summed E-state index contributed by atoms with van der Waals surface area (Å²) in [6, 6.07) is 15.1. The van der Waals surface area contributed by atoms with Crippen LogP contribution in [0.5, 0.6) is 0 Å². The molecule has 176 valence electrons. The van der Waals surface area contributed by atoms with E-state index >= 15 is 0 Å². The van der Waals surface area contributed by atoms with Crippen LogP contribution in [0.4, 0.5) is 0 Å². The maximum Gasteiger partial charge on any atom is 0.327 e. The molecule has 0 radical (unpaired) electrons. The molecule has 0 saturated heterocycles. The van der Waals surface area contributed by atoms with Crippen LogP contribution in [-0.4, -0.2) is 47.5 Å². The number of carboxylic acid groups (broad SMARTS) is 1. The molecule has 35 heavy (non-hydrogen) atoms. The lowest BCUT2D eigenvalue weighted by Gasteiger charge is -2.15. The number of aliphatic carboxylic acids is 1. The second-order valence-electron chi connectivity index (χ2n) is 7.87. The van der Waals surface area contributed by atoms with Gasteiger partial charge in [-0.15, -0.1) is 10.2 Å². The number of ether oxygens (including phenoxy) is 1. The minimum Gasteiger partial charge on any atom is -0.480 e. The zero-order valence-corrected chi connectivity index (χ0v) is 19.3. The first kappa shape index (κ1) is 22.6. The molecule has 5 aromatic rings. The quantitative estimate of drug-likeness (QED) is 0.369. The highest BCUT2D eigenvalue weighted by atomic mass is 35.5. The highest BCUT2D eigenvalue weighted by Crippen LogP contribution is 2.29. The molecule has 0 fully saturated rings. The van der Waals surface area contributed by atoms with Crippen molar-refractivity contribution in [1.29, 1.82) is 0 Å². The normalized spacial score (nSPS) is 12.3. The van der Waals surface area contributed by atoms with Crippen LogP contribution >= 0.6 is 11.6 Å². The maximum atomic E-state index is 13.3. The fraction of sp³-hybridized carbons (Fsp3) is 0.167. The standard InChI is InChI=1S/C24H19ClN6O4/c1-35-12-17-19(15-7-9-16(25)10-8-15)21-28-27-20-22(31(21)29-17)26-13-30(23(20)32)18(24(33)34)11-14-5-3-2-4-6-14/h2-10,13,18H,11-12H2,1H3,(H,33,34). The number of carbonyl (C=O) groups is 1. The Bertz CT molecular complexity index is 1600. The zero-order valence-electron chi connectivity index (χ0n) is 18.5. The summed E-state index contributed by atoms with van der Waals surface area (Å²) in [4.78, 5) is 29.7. The van der Waals surface area contributed by atoms with Gasteiger partial charge in [-0.3, -0.25) is 9.36 Å². The van der Waals surface area contributed by atoms with E-state index in [0.717, 1.165) is 15.7 Å². The Labute approximate surface area is 203 Å². The van der Waals surface area contributed by atoms with Gasteiger partial charge in [0.2, 0.25) is 0 Å². The van der Waals surface area contributed by atoms with Gasteiger partial charge in [0.25, 0.3) is 5.56 Å². The number of carboxylic acids is 1. The van der Waals surface area contributed by atoms with Crippen molar-refractivity contribution in [3.8, 4) is 11.1 Å². The molecule has 0 aliphatic carbocycles. The van der Waals surface area contributed by atoms with Crippen LogP contribution in [0.15, 0.2) is 65.7 Å². The van der Waals surface area contributed by atoms with Crippen molar-refractivity contribution in [2.45, 2.75) is 19.1 Å². The Morgan fingerprint density at radius 3 is 2.51 bits per heavy atom. The van der Waals surface area contributed by atoms with Crippen molar-refractivity contribution in [1.82, 2.24) is 29.4 Å². The first-order valence-corrected chi connectivity index (χ1v) is 11.0. The van der Waals surface area contributed by atoms with Crippen molar-refractivity contribution in [3.63, 3.8) is 0 Å². The molecular formula is C24H19ClN6O4. The number of aromatic nitrogens is 6. The predicted octanol–water partition coefficient (Wildman–Crippen LogP) is 3.17. The minimum atomic E-state index is -1.16. The Kier molecular flexibility index (Phi) is 5.98. The van der Waals surface area contributed by atoms with Gasteiger partial charge in [-0.05, 0) is 23.3 Å². The van der Waals surface area contributed by atoms with Gasteiger partial charge in [-0.1, -0.05) is 54.1 Å². The number of fused-ring (bicyclic) bond motifs is 3. The van der Waals surface area contributed by atoms with Crippen LogP contribution in [0.3, 0.4) is 0 Å². The highest BCUT2D eigenvalue weighted by molar-refractivity contribution is 6.30. The van der Waals surface area contributed by atoms with E-state index in [1.165, 1.54) is 10.8 Å². The third-order valence-corrected chi connectivity index (χ3v) is 5.89. The molecule has 5 rings (SSSR count). The number of methoxy groups -OCH3 is 1. The molecule has 3 aromatic heterocycles. The van der Waals surface area contributed by atoms with E-state index < -0.39 is 17.6 Å². The van der Waals surface area contributed by atoms with E-state index in [4.69, 9.17) is 16.3 Å². The monoisotopic (exact) mass is 490 g/mol. The van der Waals surface area contributed by atoms with Crippen LogP contribution in [0.25, 0.3) is 27.9 Å². The van der Waals surface area contributed by atoms with Gasteiger partial charge in [0, 0.05) is 18.6 Å². The lowest BCUT2D eigenvalue weighted by atomic mass is 10.1. The van der Waals surface area contributed by atoms with Crippen LogP contribution in [0.1, 0.15) is 17.3 Å². The summed E-state index contributed by atoms with van der Waals surface area (Å²) in [5, 5.41) is 23.4. The Morgan fingerprint density at radius 1 is 1.09 bits per heavy atom. The summed E-state index contributed by atoms with van der Waals surface area (Å²) in [6.07, 6.45) is 1.33. The average molecular weight is 491 g/mol. The van der Waals surface area contributed by atoms with Crippen LogP contribution in [0.2, 0.25) is 5.02 Å². The van der Waals surface area contributed by atoms with Crippen molar-refractivity contribution in [2.75, 3.05) is 7.11 Å². The molecule has 1 N–H and O–H groups in total. The van der Waals surface area contributed by atoms with E-state index in [9.17, 15) is 14.7 Å². The number of halogens is 1. The molecule has 3 heterocycles. The summed E-state index contributed by atoms with van der Waals surface area (Å²) in [5.41, 5.74) is 2.67. The van der Waals surface area contributed by atoms with Crippen molar-refractivity contribution >= 4 is 34.4 Å². The second kappa shape index (κ2) is 9.24. The van der Waals surface area contributed by atoms with Crippen molar-refractivity contribution in [3.05, 3.63) is 87.6 Å². The molecular weight excluding hydrogens is 472 g/mol. The van der Waals surface area contributed by atoms with Crippen LogP contribution in [0, 0.1) is 0 Å². The number of hydrogen-bond donors (Lipinski definition) is 1. The van der Waals surface area contributed by atoms with Crippen LogP contribution in [-0.2, 0) is 22.6 Å². The molecule has 2 aromatic carbocycles. The minimum absolute atomic E-state index is 0.0894. The van der Waals surface area contributed by atoms with Gasteiger partial charge >= 0.3 is 5.97 Å². The fourth-order valence-corrected chi connectivity index (χ4v) is 4.12. The van der Waals surface area contributed by atoms with Crippen LogP contribution < -0.4 is 5.56 Å². The van der Waals surface area contributed by atoms with Gasteiger partial charge in [-0.25, -0.2) is 9.78 Å². The maximum absolute atomic E-state index is 13.3. The third-order valence-electron chi connectivity index (χ3n) is 5.64. The summed E-state index contributed by atoms with van der Waals surface area (Å²) >= 11 is 6.04. The smallest absolute Gasteiger partial charge is 0.327 e. The largest absolute Gasteiger partial charge is 0.480 e. The first-order chi connectivity index (χ1) is 17.0. The second-order valence-corrected chi connectivity index (χ2v) is 8.31. The van der Waals surface area contributed by atoms with Gasteiger partial charge < -0.3 is 9.84 Å². The Hall–Kier alpha value is -4.15. The summed E-state index contributed by atoms with van der Waals surface area (Å²) in [7, 11) is 1.55. The summed E-state index contributed by atoms with van der Waals surface area (Å²) in [6.45, 7) is 0.193. The van der Waals surface area contributed by atoms with E-state index in [0.29, 0.717) is 21.9 Å². The van der Waals surface area contributed by atoms with E-state index in [1.807, 2.05) is 30.3 Å².